The van der Waals surface area contributed by atoms with Crippen LogP contribution in [0.15, 0.2) is 24.3 Å². The Labute approximate surface area is 114 Å². The van der Waals surface area contributed by atoms with Crippen molar-refractivity contribution < 1.29 is 9.59 Å². The second-order valence-corrected chi connectivity index (χ2v) is 5.48. The third-order valence-electron chi connectivity index (χ3n) is 4.30. The van der Waals surface area contributed by atoms with Crippen molar-refractivity contribution in [3.05, 3.63) is 29.8 Å². The fourth-order valence-corrected chi connectivity index (χ4v) is 2.75. The average molecular weight is 259 g/mol. The van der Waals surface area contributed by atoms with Crippen LogP contribution in [0.25, 0.3) is 0 Å². The summed E-state index contributed by atoms with van der Waals surface area (Å²) in [7, 11) is 1.82. The Morgan fingerprint density at radius 3 is 2.74 bits per heavy atom. The number of aryl methyl sites for hydroxylation is 1. The molecule has 1 aliphatic rings. The molecule has 2 unspecified atom stereocenters. The van der Waals surface area contributed by atoms with Gasteiger partial charge in [-0.2, -0.15) is 0 Å². The van der Waals surface area contributed by atoms with Gasteiger partial charge in [0.05, 0.1) is 0 Å². The van der Waals surface area contributed by atoms with E-state index in [1.54, 1.807) is 11.8 Å². The molecule has 1 aliphatic heterocycles. The lowest BCUT2D eigenvalue weighted by atomic mass is 9.82. The molecule has 2 rings (SSSR count). The monoisotopic (exact) mass is 259 g/mol. The number of rotatable bonds is 2. The number of carbonyl (C=O) groups is 2. The van der Waals surface area contributed by atoms with Gasteiger partial charge < -0.3 is 4.90 Å². The fraction of sp³-hybridized carbons (Fsp3) is 0.500. The lowest BCUT2D eigenvalue weighted by Crippen LogP contribution is -2.33. The predicted molar refractivity (Wildman–Crippen MR) is 76.1 cm³/mol. The Balaban J connectivity index is 2.29. The predicted octanol–water partition coefficient (Wildman–Crippen LogP) is 2.83. The molecule has 3 heteroatoms. The van der Waals surface area contributed by atoms with Crippen molar-refractivity contribution in [3.63, 3.8) is 0 Å². The molecule has 0 aromatic heterocycles. The second kappa shape index (κ2) is 5.55. The van der Waals surface area contributed by atoms with E-state index in [1.165, 1.54) is 5.56 Å². The minimum absolute atomic E-state index is 0.0392. The summed E-state index contributed by atoms with van der Waals surface area (Å²) in [5, 5.41) is 0. The molecule has 102 valence electrons. The zero-order chi connectivity index (χ0) is 14.0. The maximum Gasteiger partial charge on any atom is 0.227 e. The van der Waals surface area contributed by atoms with Crippen LogP contribution in [0.4, 0.5) is 5.69 Å². The van der Waals surface area contributed by atoms with Gasteiger partial charge in [-0.25, -0.2) is 0 Å². The Bertz CT molecular complexity index is 495. The maximum absolute atomic E-state index is 12.3. The summed E-state index contributed by atoms with van der Waals surface area (Å²) in [4.78, 5) is 25.6. The lowest BCUT2D eigenvalue weighted by Gasteiger charge is -2.29. The van der Waals surface area contributed by atoms with E-state index in [0.717, 1.165) is 18.5 Å². The SMILES string of the molecule is CC(=O)C(C)C1CCc2ccccc2N(C)C(=O)C1. The number of fused-ring (bicyclic) bond motifs is 1. The first kappa shape index (κ1) is 13.8. The molecule has 1 aromatic rings. The van der Waals surface area contributed by atoms with E-state index < -0.39 is 0 Å². The van der Waals surface area contributed by atoms with Crippen LogP contribution in [-0.2, 0) is 16.0 Å². The number of hydrogen-bond donors (Lipinski definition) is 0. The molecule has 0 bridgehead atoms. The van der Waals surface area contributed by atoms with E-state index >= 15 is 0 Å². The standard InChI is InChI=1S/C16H21NO2/c1-11(12(2)18)14-9-8-13-6-4-5-7-15(13)17(3)16(19)10-14/h4-7,11,14H,8-10H2,1-3H3. The van der Waals surface area contributed by atoms with E-state index in [-0.39, 0.29) is 23.5 Å². The van der Waals surface area contributed by atoms with Crippen LogP contribution in [0, 0.1) is 11.8 Å². The van der Waals surface area contributed by atoms with Crippen LogP contribution in [-0.4, -0.2) is 18.7 Å². The lowest BCUT2D eigenvalue weighted by molar-refractivity contribution is -0.123. The smallest absolute Gasteiger partial charge is 0.227 e. The number of hydrogen-bond acceptors (Lipinski definition) is 2. The van der Waals surface area contributed by atoms with E-state index in [2.05, 4.69) is 6.07 Å². The van der Waals surface area contributed by atoms with Crippen LogP contribution < -0.4 is 4.90 Å². The van der Waals surface area contributed by atoms with Gasteiger partial charge in [0.1, 0.15) is 5.78 Å². The molecule has 19 heavy (non-hydrogen) atoms. The van der Waals surface area contributed by atoms with Gasteiger partial charge in [0.25, 0.3) is 0 Å². The van der Waals surface area contributed by atoms with Crippen LogP contribution in [0.2, 0.25) is 0 Å². The highest BCUT2D eigenvalue weighted by Crippen LogP contribution is 2.30. The molecule has 0 radical (unpaired) electrons. The van der Waals surface area contributed by atoms with Gasteiger partial charge in [-0.15, -0.1) is 0 Å². The minimum Gasteiger partial charge on any atom is -0.315 e. The molecule has 1 amide bonds. The number of benzene rings is 1. The molecule has 0 aliphatic carbocycles. The number of anilines is 1. The highest BCUT2D eigenvalue weighted by molar-refractivity contribution is 5.94. The van der Waals surface area contributed by atoms with Crippen molar-refractivity contribution in [3.8, 4) is 0 Å². The van der Waals surface area contributed by atoms with Gasteiger partial charge in [0.2, 0.25) is 5.91 Å². The van der Waals surface area contributed by atoms with Crippen molar-refractivity contribution >= 4 is 17.4 Å². The number of carbonyl (C=O) groups excluding carboxylic acids is 2. The summed E-state index contributed by atoms with van der Waals surface area (Å²) < 4.78 is 0. The third-order valence-corrected chi connectivity index (χ3v) is 4.30. The molecule has 0 fully saturated rings. The Kier molecular flexibility index (Phi) is 4.03. The largest absolute Gasteiger partial charge is 0.315 e. The first-order valence-electron chi connectivity index (χ1n) is 6.85. The molecule has 0 saturated carbocycles. The van der Waals surface area contributed by atoms with Crippen LogP contribution in [0.5, 0.6) is 0 Å². The quantitative estimate of drug-likeness (QED) is 0.819. The summed E-state index contributed by atoms with van der Waals surface area (Å²) >= 11 is 0. The van der Waals surface area contributed by atoms with Gasteiger partial charge in [-0.1, -0.05) is 25.1 Å². The van der Waals surface area contributed by atoms with E-state index in [4.69, 9.17) is 0 Å². The average Bonchev–Trinajstić information content (AvgIpc) is 2.40. The Hall–Kier alpha value is -1.64. The van der Waals surface area contributed by atoms with Crippen LogP contribution in [0.1, 0.15) is 32.3 Å². The zero-order valence-corrected chi connectivity index (χ0v) is 11.8. The molecule has 1 aromatic carbocycles. The van der Waals surface area contributed by atoms with Gasteiger partial charge >= 0.3 is 0 Å². The highest BCUT2D eigenvalue weighted by Gasteiger charge is 2.28. The van der Waals surface area contributed by atoms with E-state index in [1.807, 2.05) is 32.2 Å². The number of para-hydroxylation sites is 1. The van der Waals surface area contributed by atoms with Crippen molar-refractivity contribution in [2.75, 3.05) is 11.9 Å². The Morgan fingerprint density at radius 1 is 1.37 bits per heavy atom. The summed E-state index contributed by atoms with van der Waals surface area (Å²) in [5.41, 5.74) is 2.19. The molecule has 0 saturated heterocycles. The number of ketones is 1. The summed E-state index contributed by atoms with van der Waals surface area (Å²) in [6.07, 6.45) is 2.29. The van der Waals surface area contributed by atoms with Gasteiger partial charge in [0, 0.05) is 25.1 Å². The summed E-state index contributed by atoms with van der Waals surface area (Å²) in [6.45, 7) is 3.55. The van der Waals surface area contributed by atoms with Crippen LogP contribution in [0.3, 0.4) is 0 Å². The molecule has 1 heterocycles. The normalized spacial score (nSPS) is 21.3. The molecule has 0 N–H and O–H groups in total. The number of Topliss-reactive ketones (excluding diaryl/α,β-unsaturated/α-hetero) is 1. The minimum atomic E-state index is -0.0392. The Morgan fingerprint density at radius 2 is 2.05 bits per heavy atom. The van der Waals surface area contributed by atoms with Crippen molar-refractivity contribution in [2.45, 2.75) is 33.1 Å². The fourth-order valence-electron chi connectivity index (χ4n) is 2.75. The van der Waals surface area contributed by atoms with Crippen molar-refractivity contribution in [1.82, 2.24) is 0 Å². The molecule has 2 atom stereocenters. The van der Waals surface area contributed by atoms with Crippen LogP contribution >= 0.6 is 0 Å². The van der Waals surface area contributed by atoms with Crippen molar-refractivity contribution in [2.24, 2.45) is 11.8 Å². The molecule has 0 spiro atoms. The van der Waals surface area contributed by atoms with E-state index in [9.17, 15) is 9.59 Å². The van der Waals surface area contributed by atoms with Gasteiger partial charge in [-0.3, -0.25) is 9.59 Å². The summed E-state index contributed by atoms with van der Waals surface area (Å²) in [6, 6.07) is 8.02. The maximum atomic E-state index is 12.3. The number of nitrogens with zero attached hydrogens (tertiary/aromatic N) is 1. The van der Waals surface area contributed by atoms with Gasteiger partial charge in [-0.05, 0) is 37.3 Å². The summed E-state index contributed by atoms with van der Waals surface area (Å²) in [5.74, 6) is 0.392. The third kappa shape index (κ3) is 2.86. The van der Waals surface area contributed by atoms with E-state index in [0.29, 0.717) is 6.42 Å². The van der Waals surface area contributed by atoms with Gasteiger partial charge in [0.15, 0.2) is 0 Å². The molecular formula is C16H21NO2. The highest BCUT2D eigenvalue weighted by atomic mass is 16.2. The van der Waals surface area contributed by atoms with Crippen molar-refractivity contribution in [1.29, 1.82) is 0 Å². The number of amides is 1. The first-order chi connectivity index (χ1) is 9.00. The molecule has 3 nitrogen and oxygen atoms in total. The topological polar surface area (TPSA) is 37.4 Å². The first-order valence-corrected chi connectivity index (χ1v) is 6.85. The molecular weight excluding hydrogens is 238 g/mol. The zero-order valence-electron chi connectivity index (χ0n) is 11.8. The second-order valence-electron chi connectivity index (χ2n) is 5.48.